The lowest BCUT2D eigenvalue weighted by atomic mass is 9.75. The molecule has 1 heterocycles. The minimum Gasteiger partial charge on any atom is -0.390 e. The highest BCUT2D eigenvalue weighted by Gasteiger charge is 2.38. The van der Waals surface area contributed by atoms with Gasteiger partial charge in [-0.2, -0.15) is 5.10 Å². The molecule has 1 saturated carbocycles. The van der Waals surface area contributed by atoms with Gasteiger partial charge in [0, 0.05) is 18.7 Å². The molecule has 4 nitrogen and oxygen atoms in total. The van der Waals surface area contributed by atoms with Gasteiger partial charge in [0.15, 0.2) is 0 Å². The van der Waals surface area contributed by atoms with Crippen molar-refractivity contribution >= 4 is 0 Å². The van der Waals surface area contributed by atoms with Crippen LogP contribution < -0.4 is 0 Å². The molecule has 4 heteroatoms. The van der Waals surface area contributed by atoms with Crippen LogP contribution in [0.3, 0.4) is 0 Å². The van der Waals surface area contributed by atoms with Gasteiger partial charge >= 0.3 is 0 Å². The number of hydrogen-bond donors (Lipinski definition) is 2. The summed E-state index contributed by atoms with van der Waals surface area (Å²) in [6.07, 6.45) is 6.10. The molecule has 114 valence electrons. The first kappa shape index (κ1) is 15.5. The highest BCUT2D eigenvalue weighted by Crippen LogP contribution is 2.35. The first-order chi connectivity index (χ1) is 9.44. The molecule has 1 aliphatic rings. The van der Waals surface area contributed by atoms with E-state index in [1.807, 2.05) is 16.9 Å². The molecule has 1 aliphatic carbocycles. The van der Waals surface area contributed by atoms with Crippen molar-refractivity contribution in [2.75, 3.05) is 0 Å². The molecule has 1 aromatic heterocycles. The molecule has 0 amide bonds. The van der Waals surface area contributed by atoms with Gasteiger partial charge in [-0.1, -0.05) is 13.8 Å². The zero-order valence-electron chi connectivity index (χ0n) is 12.9. The Bertz CT molecular complexity index is 422. The summed E-state index contributed by atoms with van der Waals surface area (Å²) in [4.78, 5) is 0. The fraction of sp³-hybridized carbons (Fsp3) is 0.812. The summed E-state index contributed by atoms with van der Waals surface area (Å²) < 4.78 is 1.94. The monoisotopic (exact) mass is 280 g/mol. The van der Waals surface area contributed by atoms with Gasteiger partial charge < -0.3 is 10.2 Å². The third kappa shape index (κ3) is 3.41. The van der Waals surface area contributed by atoms with Crippen LogP contribution in [-0.4, -0.2) is 31.7 Å². The second-order valence-corrected chi connectivity index (χ2v) is 6.55. The fourth-order valence-corrected chi connectivity index (χ4v) is 2.90. The van der Waals surface area contributed by atoms with Gasteiger partial charge in [-0.15, -0.1) is 0 Å². The van der Waals surface area contributed by atoms with Crippen LogP contribution in [0.25, 0.3) is 0 Å². The van der Waals surface area contributed by atoms with Crippen molar-refractivity contribution in [3.05, 3.63) is 18.0 Å². The molecule has 0 aliphatic heterocycles. The summed E-state index contributed by atoms with van der Waals surface area (Å²) in [5.74, 6) is 0.659. The first-order valence-electron chi connectivity index (χ1n) is 7.89. The van der Waals surface area contributed by atoms with Gasteiger partial charge in [-0.05, 0) is 51.0 Å². The number of hydrogen-bond acceptors (Lipinski definition) is 3. The smallest absolute Gasteiger partial charge is 0.0909 e. The average molecular weight is 280 g/mol. The van der Waals surface area contributed by atoms with Crippen LogP contribution in [0.15, 0.2) is 12.3 Å². The van der Waals surface area contributed by atoms with E-state index in [1.54, 1.807) is 0 Å². The van der Waals surface area contributed by atoms with E-state index in [0.717, 1.165) is 25.0 Å². The van der Waals surface area contributed by atoms with Gasteiger partial charge in [-0.3, -0.25) is 4.68 Å². The third-order valence-corrected chi connectivity index (χ3v) is 4.87. The SMILES string of the molecule is CCC(C)n1ccc(CC(O)C2(O)CCC(C)CC2)n1. The lowest BCUT2D eigenvalue weighted by Crippen LogP contribution is -2.46. The molecule has 20 heavy (non-hydrogen) atoms. The van der Waals surface area contributed by atoms with E-state index in [0.29, 0.717) is 31.2 Å². The quantitative estimate of drug-likeness (QED) is 0.872. The lowest BCUT2D eigenvalue weighted by molar-refractivity contribution is -0.102. The van der Waals surface area contributed by atoms with Gasteiger partial charge in [0.05, 0.1) is 17.4 Å². The number of rotatable bonds is 5. The predicted octanol–water partition coefficient (Wildman–Crippen LogP) is 2.70. The molecule has 2 rings (SSSR count). The van der Waals surface area contributed by atoms with Crippen LogP contribution in [0.5, 0.6) is 0 Å². The Kier molecular flexibility index (Phi) is 4.86. The van der Waals surface area contributed by atoms with Gasteiger partial charge in [0.2, 0.25) is 0 Å². The molecule has 0 aromatic carbocycles. The summed E-state index contributed by atoms with van der Waals surface area (Å²) >= 11 is 0. The van der Waals surface area contributed by atoms with Crippen LogP contribution in [-0.2, 0) is 6.42 Å². The predicted molar refractivity (Wildman–Crippen MR) is 79.5 cm³/mol. The topological polar surface area (TPSA) is 58.3 Å². The summed E-state index contributed by atoms with van der Waals surface area (Å²) in [5.41, 5.74) is -0.0583. The molecule has 2 N–H and O–H groups in total. The van der Waals surface area contributed by atoms with Crippen molar-refractivity contribution in [3.8, 4) is 0 Å². The Labute approximate surface area is 121 Å². The van der Waals surface area contributed by atoms with E-state index in [4.69, 9.17) is 0 Å². The summed E-state index contributed by atoms with van der Waals surface area (Å²) in [6.45, 7) is 6.47. The van der Waals surface area contributed by atoms with Gasteiger partial charge in [0.1, 0.15) is 0 Å². The lowest BCUT2D eigenvalue weighted by Gasteiger charge is -2.38. The van der Waals surface area contributed by atoms with Crippen molar-refractivity contribution in [2.45, 2.75) is 77.0 Å². The average Bonchev–Trinajstić information content (AvgIpc) is 2.90. The van der Waals surface area contributed by atoms with Crippen LogP contribution >= 0.6 is 0 Å². The molecule has 2 unspecified atom stereocenters. The Hall–Kier alpha value is -0.870. The normalized spacial score (nSPS) is 30.1. The fourth-order valence-electron chi connectivity index (χ4n) is 2.90. The maximum absolute atomic E-state index is 10.6. The number of aromatic nitrogens is 2. The Balaban J connectivity index is 1.97. The van der Waals surface area contributed by atoms with E-state index >= 15 is 0 Å². The van der Waals surface area contributed by atoms with E-state index in [1.165, 1.54) is 0 Å². The van der Waals surface area contributed by atoms with Crippen molar-refractivity contribution < 1.29 is 10.2 Å². The third-order valence-electron chi connectivity index (χ3n) is 4.87. The Morgan fingerprint density at radius 1 is 1.45 bits per heavy atom. The van der Waals surface area contributed by atoms with E-state index in [-0.39, 0.29) is 0 Å². The van der Waals surface area contributed by atoms with E-state index < -0.39 is 11.7 Å². The number of aliphatic hydroxyl groups is 2. The molecule has 0 spiro atoms. The molecular formula is C16H28N2O2. The van der Waals surface area contributed by atoms with Crippen molar-refractivity contribution in [1.82, 2.24) is 9.78 Å². The van der Waals surface area contributed by atoms with Crippen LogP contribution in [0.2, 0.25) is 0 Å². The van der Waals surface area contributed by atoms with Gasteiger partial charge in [-0.25, -0.2) is 0 Å². The molecule has 1 aromatic rings. The zero-order chi connectivity index (χ0) is 14.8. The maximum atomic E-state index is 10.6. The Morgan fingerprint density at radius 2 is 2.10 bits per heavy atom. The summed E-state index contributed by atoms with van der Waals surface area (Å²) in [7, 11) is 0. The second kappa shape index (κ2) is 6.27. The van der Waals surface area contributed by atoms with Crippen molar-refractivity contribution in [3.63, 3.8) is 0 Å². The minimum atomic E-state index is -0.924. The zero-order valence-corrected chi connectivity index (χ0v) is 12.9. The van der Waals surface area contributed by atoms with Crippen molar-refractivity contribution in [2.24, 2.45) is 5.92 Å². The standard InChI is InChI=1S/C16H28N2O2/c1-4-13(3)18-10-7-14(17-18)11-15(19)16(20)8-5-12(2)6-9-16/h7,10,12-13,15,19-20H,4-6,8-9,11H2,1-3H3. The van der Waals surface area contributed by atoms with Crippen LogP contribution in [0, 0.1) is 5.92 Å². The molecule has 2 atom stereocenters. The summed E-state index contributed by atoms with van der Waals surface area (Å²) in [6, 6.07) is 2.32. The molecule has 1 fully saturated rings. The molecular weight excluding hydrogens is 252 g/mol. The molecule has 0 bridgehead atoms. The van der Waals surface area contributed by atoms with Crippen LogP contribution in [0.4, 0.5) is 0 Å². The highest BCUT2D eigenvalue weighted by molar-refractivity contribution is 5.05. The minimum absolute atomic E-state index is 0.375. The largest absolute Gasteiger partial charge is 0.390 e. The molecule has 0 saturated heterocycles. The van der Waals surface area contributed by atoms with E-state index in [2.05, 4.69) is 25.9 Å². The van der Waals surface area contributed by atoms with Gasteiger partial charge in [0.25, 0.3) is 0 Å². The number of nitrogens with zero attached hydrogens (tertiary/aromatic N) is 2. The molecule has 0 radical (unpaired) electrons. The van der Waals surface area contributed by atoms with Crippen molar-refractivity contribution in [1.29, 1.82) is 0 Å². The van der Waals surface area contributed by atoms with Crippen LogP contribution in [0.1, 0.15) is 64.6 Å². The number of aliphatic hydroxyl groups excluding tert-OH is 1. The summed E-state index contributed by atoms with van der Waals surface area (Å²) in [5, 5.41) is 25.5. The second-order valence-electron chi connectivity index (χ2n) is 6.55. The maximum Gasteiger partial charge on any atom is 0.0909 e. The van der Waals surface area contributed by atoms with E-state index in [9.17, 15) is 10.2 Å². The Morgan fingerprint density at radius 3 is 2.70 bits per heavy atom. The highest BCUT2D eigenvalue weighted by atomic mass is 16.3. The first-order valence-corrected chi connectivity index (χ1v) is 7.89.